The number of thioether (sulfide) groups is 1. The summed E-state index contributed by atoms with van der Waals surface area (Å²) in [5, 5.41) is 13.6. The third-order valence-electron chi connectivity index (χ3n) is 5.17. The zero-order valence-corrected chi connectivity index (χ0v) is 22.7. The number of halogens is 2. The van der Waals surface area contributed by atoms with Crippen LogP contribution < -0.4 is 5.32 Å². The Bertz CT molecular complexity index is 1470. The maximum Gasteiger partial charge on any atom is 0.236 e. The van der Waals surface area contributed by atoms with Gasteiger partial charge in [-0.2, -0.15) is 0 Å². The van der Waals surface area contributed by atoms with E-state index in [0.29, 0.717) is 21.1 Å². The van der Waals surface area contributed by atoms with Gasteiger partial charge in [0.2, 0.25) is 5.91 Å². The number of rotatable bonds is 8. The first-order valence-electron chi connectivity index (χ1n) is 10.9. The molecule has 5 rings (SSSR count). The summed E-state index contributed by atoms with van der Waals surface area (Å²) in [6.45, 7) is 0. The maximum atomic E-state index is 12.7. The summed E-state index contributed by atoms with van der Waals surface area (Å²) >= 11 is 12.2. The average Bonchev–Trinajstić information content (AvgIpc) is 3.52. The number of aromatic nitrogens is 4. The zero-order chi connectivity index (χ0) is 24.9. The molecule has 6 nitrogen and oxygen atoms in total. The predicted octanol–water partition coefficient (Wildman–Crippen LogP) is 7.13. The first-order chi connectivity index (χ1) is 17.5. The second-order valence-electron chi connectivity index (χ2n) is 7.76. The normalized spacial score (nSPS) is 10.9. The Morgan fingerprint density at radius 1 is 1.00 bits per heavy atom. The van der Waals surface area contributed by atoms with Crippen molar-refractivity contribution < 1.29 is 4.79 Å². The lowest BCUT2D eigenvalue weighted by Crippen LogP contribution is -2.14. The summed E-state index contributed by atoms with van der Waals surface area (Å²) in [5.74, 6) is 0.737. The van der Waals surface area contributed by atoms with Crippen LogP contribution >= 0.6 is 50.6 Å². The molecule has 2 heterocycles. The van der Waals surface area contributed by atoms with Crippen molar-refractivity contribution in [3.63, 3.8) is 0 Å². The third-order valence-corrected chi connectivity index (χ3v) is 7.80. The fourth-order valence-electron chi connectivity index (χ4n) is 3.50. The van der Waals surface area contributed by atoms with E-state index in [0.717, 1.165) is 32.6 Å². The van der Waals surface area contributed by atoms with Crippen molar-refractivity contribution in [1.82, 2.24) is 19.7 Å². The van der Waals surface area contributed by atoms with E-state index in [9.17, 15) is 4.79 Å². The zero-order valence-electron chi connectivity index (χ0n) is 18.8. The Morgan fingerprint density at radius 3 is 2.50 bits per heavy atom. The minimum absolute atomic E-state index is 0.153. The minimum Gasteiger partial charge on any atom is -0.301 e. The van der Waals surface area contributed by atoms with Gasteiger partial charge in [-0.1, -0.05) is 81.8 Å². The van der Waals surface area contributed by atoms with Crippen LogP contribution in [-0.4, -0.2) is 31.4 Å². The highest BCUT2D eigenvalue weighted by atomic mass is 79.9. The molecule has 0 spiro atoms. The second kappa shape index (κ2) is 11.4. The lowest BCUT2D eigenvalue weighted by molar-refractivity contribution is -0.113. The number of hydrogen-bond donors (Lipinski definition) is 1. The van der Waals surface area contributed by atoms with Crippen LogP contribution in [0, 0.1) is 0 Å². The molecule has 0 fully saturated rings. The molecule has 0 unspecified atom stereocenters. The van der Waals surface area contributed by atoms with Crippen molar-refractivity contribution in [2.45, 2.75) is 11.6 Å². The van der Waals surface area contributed by atoms with E-state index in [4.69, 9.17) is 11.6 Å². The van der Waals surface area contributed by atoms with E-state index in [1.807, 2.05) is 83.4 Å². The number of carbonyl (C=O) groups excluding carboxylic acids is 1. The molecule has 2 aromatic heterocycles. The van der Waals surface area contributed by atoms with Crippen molar-refractivity contribution >= 4 is 61.7 Å². The van der Waals surface area contributed by atoms with Gasteiger partial charge in [0.25, 0.3) is 0 Å². The highest BCUT2D eigenvalue weighted by Crippen LogP contribution is 2.29. The Hall–Kier alpha value is -2.98. The van der Waals surface area contributed by atoms with Crippen molar-refractivity contribution in [3.8, 4) is 17.1 Å². The van der Waals surface area contributed by atoms with Crippen LogP contribution in [0.15, 0.2) is 94.7 Å². The van der Waals surface area contributed by atoms with Crippen LogP contribution in [0.1, 0.15) is 10.4 Å². The fourth-order valence-corrected chi connectivity index (χ4v) is 5.50. The van der Waals surface area contributed by atoms with Gasteiger partial charge < -0.3 is 5.32 Å². The highest BCUT2D eigenvalue weighted by molar-refractivity contribution is 9.10. The Kier molecular flexibility index (Phi) is 7.81. The van der Waals surface area contributed by atoms with Crippen molar-refractivity contribution in [1.29, 1.82) is 0 Å². The summed E-state index contributed by atoms with van der Waals surface area (Å²) in [5.41, 5.74) is 3.00. The lowest BCUT2D eigenvalue weighted by atomic mass is 10.1. The summed E-state index contributed by atoms with van der Waals surface area (Å²) < 4.78 is 2.95. The van der Waals surface area contributed by atoms with Crippen molar-refractivity contribution in [3.05, 3.63) is 105 Å². The monoisotopic (exact) mass is 595 g/mol. The van der Waals surface area contributed by atoms with Gasteiger partial charge in [0.15, 0.2) is 16.1 Å². The smallest absolute Gasteiger partial charge is 0.236 e. The molecule has 1 amide bonds. The van der Waals surface area contributed by atoms with Crippen LogP contribution in [0.5, 0.6) is 0 Å². The van der Waals surface area contributed by atoms with Gasteiger partial charge in [-0.25, -0.2) is 4.98 Å². The van der Waals surface area contributed by atoms with Crippen LogP contribution in [0.25, 0.3) is 17.1 Å². The number of anilines is 1. The first kappa shape index (κ1) is 24.7. The quantitative estimate of drug-likeness (QED) is 0.193. The number of nitrogens with one attached hydrogen (secondary N) is 1. The Morgan fingerprint density at radius 2 is 1.75 bits per heavy atom. The maximum absolute atomic E-state index is 12.7. The van der Waals surface area contributed by atoms with Gasteiger partial charge in [0.1, 0.15) is 0 Å². The van der Waals surface area contributed by atoms with Gasteiger partial charge in [-0.05, 0) is 42.0 Å². The molecule has 0 radical (unpaired) electrons. The summed E-state index contributed by atoms with van der Waals surface area (Å²) in [4.78, 5) is 18.1. The molecule has 0 aliphatic carbocycles. The second-order valence-corrected chi connectivity index (χ2v) is 11.2. The third kappa shape index (κ3) is 6.04. The van der Waals surface area contributed by atoms with Crippen LogP contribution in [0.3, 0.4) is 0 Å². The fraction of sp³-hybridized carbons (Fsp3) is 0.0769. The number of nitrogens with zero attached hydrogens (tertiary/aromatic N) is 4. The van der Waals surface area contributed by atoms with E-state index in [1.165, 1.54) is 23.1 Å². The average molecular weight is 597 g/mol. The van der Waals surface area contributed by atoms with Gasteiger partial charge in [0, 0.05) is 38.2 Å². The molecule has 0 saturated heterocycles. The molecule has 0 bridgehead atoms. The van der Waals surface area contributed by atoms with Crippen molar-refractivity contribution in [2.75, 3.05) is 11.1 Å². The van der Waals surface area contributed by atoms with E-state index in [1.54, 1.807) is 6.20 Å². The van der Waals surface area contributed by atoms with Gasteiger partial charge in [-0.3, -0.25) is 9.36 Å². The molecule has 0 aliphatic rings. The molecule has 0 aliphatic heterocycles. The molecule has 0 atom stereocenters. The van der Waals surface area contributed by atoms with E-state index in [-0.39, 0.29) is 11.7 Å². The van der Waals surface area contributed by atoms with Crippen LogP contribution in [0.2, 0.25) is 5.02 Å². The largest absolute Gasteiger partial charge is 0.301 e. The highest BCUT2D eigenvalue weighted by Gasteiger charge is 2.18. The molecular weight excluding hydrogens is 578 g/mol. The SMILES string of the molecule is O=C(CSc1nnc(-c2ccc(Br)cc2)n1-c1ccccc1)Nc1ncc(Cc2ccc(Cl)cc2)s1. The Balaban J connectivity index is 1.28. The molecule has 3 aromatic carbocycles. The van der Waals surface area contributed by atoms with E-state index >= 15 is 0 Å². The summed E-state index contributed by atoms with van der Waals surface area (Å²) in [6, 6.07) is 25.5. The molecule has 10 heteroatoms. The topological polar surface area (TPSA) is 72.7 Å². The number of carbonyl (C=O) groups is 1. The predicted molar refractivity (Wildman–Crippen MR) is 150 cm³/mol. The van der Waals surface area contributed by atoms with Gasteiger partial charge in [-0.15, -0.1) is 21.5 Å². The standard InChI is InChI=1S/C26H19BrClN5OS2/c27-19-10-8-18(9-11-19)24-31-32-26(33(24)21-4-2-1-3-5-21)35-16-23(34)30-25-29-15-22(36-25)14-17-6-12-20(28)13-7-17/h1-13,15H,14,16H2,(H,29,30,34). The number of thiazole rings is 1. The van der Waals surface area contributed by atoms with Gasteiger partial charge >= 0.3 is 0 Å². The molecule has 1 N–H and O–H groups in total. The number of benzene rings is 3. The van der Waals surface area contributed by atoms with Crippen LogP contribution in [0.4, 0.5) is 5.13 Å². The minimum atomic E-state index is -0.153. The summed E-state index contributed by atoms with van der Waals surface area (Å²) in [6.07, 6.45) is 2.52. The first-order valence-corrected chi connectivity index (χ1v) is 13.9. The van der Waals surface area contributed by atoms with E-state index in [2.05, 4.69) is 36.4 Å². The Labute approximate surface area is 229 Å². The number of para-hydroxylation sites is 1. The molecule has 36 heavy (non-hydrogen) atoms. The lowest BCUT2D eigenvalue weighted by Gasteiger charge is -2.10. The molecular formula is C26H19BrClN5OS2. The molecule has 180 valence electrons. The van der Waals surface area contributed by atoms with Crippen molar-refractivity contribution in [2.24, 2.45) is 0 Å². The summed E-state index contributed by atoms with van der Waals surface area (Å²) in [7, 11) is 0. The molecule has 0 saturated carbocycles. The number of amides is 1. The van der Waals surface area contributed by atoms with E-state index < -0.39 is 0 Å². The van der Waals surface area contributed by atoms with Gasteiger partial charge in [0.05, 0.1) is 5.75 Å². The number of hydrogen-bond acceptors (Lipinski definition) is 6. The van der Waals surface area contributed by atoms with Crippen LogP contribution in [-0.2, 0) is 11.2 Å². The molecule has 5 aromatic rings.